The molecule has 0 spiro atoms. The molecule has 1 fully saturated rings. The van der Waals surface area contributed by atoms with Gasteiger partial charge in [0.15, 0.2) is 5.65 Å². The first-order valence-electron chi connectivity index (χ1n) is 9.05. The minimum Gasteiger partial charge on any atom is -0.312 e. The van der Waals surface area contributed by atoms with Crippen LogP contribution in [-0.4, -0.2) is 44.6 Å². The van der Waals surface area contributed by atoms with Gasteiger partial charge in [0.25, 0.3) is 0 Å². The molecular weight excluding hydrogens is 366 g/mol. The standard InChI is InChI=1S/C18H28BrN5/c1-5-7-16(23-10-12(3)21-13(4)11-23)18-22-15-8-14(19)9-20-17(15)24(18)6-2/h8-9,12-13,16,21H,5-7,10-11H2,1-4H3/t12-,13+,16?. The number of imidazole rings is 1. The fraction of sp³-hybridized carbons (Fsp3) is 0.667. The highest BCUT2D eigenvalue weighted by atomic mass is 79.9. The van der Waals surface area contributed by atoms with Crippen LogP contribution < -0.4 is 5.32 Å². The summed E-state index contributed by atoms with van der Waals surface area (Å²) in [6, 6.07) is 3.46. The molecule has 3 atom stereocenters. The third-order valence-electron chi connectivity index (χ3n) is 4.78. The van der Waals surface area contributed by atoms with Crippen molar-refractivity contribution in [2.24, 2.45) is 0 Å². The van der Waals surface area contributed by atoms with E-state index in [0.29, 0.717) is 18.1 Å². The van der Waals surface area contributed by atoms with Crippen molar-refractivity contribution in [3.63, 3.8) is 0 Å². The summed E-state index contributed by atoms with van der Waals surface area (Å²) in [7, 11) is 0. The predicted molar refractivity (Wildman–Crippen MR) is 102 cm³/mol. The van der Waals surface area contributed by atoms with Crippen LogP contribution in [0.1, 0.15) is 52.4 Å². The van der Waals surface area contributed by atoms with E-state index < -0.39 is 0 Å². The molecule has 3 rings (SSSR count). The quantitative estimate of drug-likeness (QED) is 0.840. The lowest BCUT2D eigenvalue weighted by atomic mass is 10.0. The summed E-state index contributed by atoms with van der Waals surface area (Å²) < 4.78 is 3.28. The highest BCUT2D eigenvalue weighted by Crippen LogP contribution is 2.30. The van der Waals surface area contributed by atoms with Gasteiger partial charge in [0.1, 0.15) is 11.3 Å². The first kappa shape index (κ1) is 17.8. The number of hydrogen-bond acceptors (Lipinski definition) is 4. The molecule has 24 heavy (non-hydrogen) atoms. The summed E-state index contributed by atoms with van der Waals surface area (Å²) in [5.41, 5.74) is 1.98. The minimum absolute atomic E-state index is 0.356. The van der Waals surface area contributed by atoms with Gasteiger partial charge in [-0.1, -0.05) is 13.3 Å². The molecule has 0 bridgehead atoms. The van der Waals surface area contributed by atoms with Crippen molar-refractivity contribution in [1.29, 1.82) is 0 Å². The highest BCUT2D eigenvalue weighted by molar-refractivity contribution is 9.10. The van der Waals surface area contributed by atoms with E-state index in [9.17, 15) is 0 Å². The van der Waals surface area contributed by atoms with Crippen LogP contribution in [0.25, 0.3) is 11.2 Å². The van der Waals surface area contributed by atoms with E-state index in [0.717, 1.165) is 48.1 Å². The molecule has 5 nitrogen and oxygen atoms in total. The molecule has 132 valence electrons. The summed E-state index contributed by atoms with van der Waals surface area (Å²) in [6.07, 6.45) is 4.15. The van der Waals surface area contributed by atoms with Gasteiger partial charge in [-0.05, 0) is 49.2 Å². The second-order valence-electron chi connectivity index (χ2n) is 6.94. The van der Waals surface area contributed by atoms with E-state index in [-0.39, 0.29) is 0 Å². The lowest BCUT2D eigenvalue weighted by Gasteiger charge is -2.40. The predicted octanol–water partition coefficient (Wildman–Crippen LogP) is 3.74. The van der Waals surface area contributed by atoms with Crippen LogP contribution in [0.15, 0.2) is 16.7 Å². The first-order chi connectivity index (χ1) is 11.5. The second kappa shape index (κ2) is 7.50. The van der Waals surface area contributed by atoms with Crippen molar-refractivity contribution in [2.45, 2.75) is 65.2 Å². The van der Waals surface area contributed by atoms with Crippen molar-refractivity contribution in [2.75, 3.05) is 13.1 Å². The molecule has 1 saturated heterocycles. The third kappa shape index (κ3) is 3.51. The molecule has 0 radical (unpaired) electrons. The van der Waals surface area contributed by atoms with Gasteiger partial charge >= 0.3 is 0 Å². The van der Waals surface area contributed by atoms with E-state index >= 15 is 0 Å². The number of nitrogens with one attached hydrogen (secondary N) is 1. The monoisotopic (exact) mass is 393 g/mol. The molecule has 0 saturated carbocycles. The molecule has 1 aliphatic rings. The summed E-state index contributed by atoms with van der Waals surface area (Å²) in [5.74, 6) is 1.17. The fourth-order valence-corrected chi connectivity index (χ4v) is 4.26. The number of fused-ring (bicyclic) bond motifs is 1. The SMILES string of the molecule is CCCC(c1nc2cc(Br)cnc2n1CC)N1C[C@@H](C)N[C@@H](C)C1. The summed E-state index contributed by atoms with van der Waals surface area (Å²) in [4.78, 5) is 12.2. The van der Waals surface area contributed by atoms with Crippen molar-refractivity contribution in [3.05, 3.63) is 22.6 Å². The van der Waals surface area contributed by atoms with Crippen LogP contribution in [0, 0.1) is 0 Å². The van der Waals surface area contributed by atoms with E-state index in [1.807, 2.05) is 6.20 Å². The van der Waals surface area contributed by atoms with E-state index in [2.05, 4.69) is 69.5 Å². The Morgan fingerprint density at radius 1 is 1.29 bits per heavy atom. The van der Waals surface area contributed by atoms with Gasteiger partial charge in [0.05, 0.1) is 6.04 Å². The Labute approximate surface area is 153 Å². The van der Waals surface area contributed by atoms with Crippen LogP contribution in [-0.2, 0) is 6.54 Å². The molecule has 1 unspecified atom stereocenters. The number of rotatable bonds is 5. The molecule has 0 amide bonds. The molecule has 1 aliphatic heterocycles. The molecule has 0 aromatic carbocycles. The average molecular weight is 394 g/mol. The minimum atomic E-state index is 0.356. The van der Waals surface area contributed by atoms with Crippen molar-refractivity contribution < 1.29 is 0 Å². The summed E-state index contributed by atoms with van der Waals surface area (Å²) in [6.45, 7) is 12.0. The number of aromatic nitrogens is 3. The normalized spacial score (nSPS) is 23.7. The highest BCUT2D eigenvalue weighted by Gasteiger charge is 2.30. The van der Waals surface area contributed by atoms with Gasteiger partial charge in [-0.25, -0.2) is 9.97 Å². The third-order valence-corrected chi connectivity index (χ3v) is 5.22. The fourth-order valence-electron chi connectivity index (χ4n) is 3.94. The van der Waals surface area contributed by atoms with Crippen LogP contribution in [0.2, 0.25) is 0 Å². The van der Waals surface area contributed by atoms with Crippen LogP contribution in [0.3, 0.4) is 0 Å². The lowest BCUT2D eigenvalue weighted by molar-refractivity contribution is 0.110. The first-order valence-corrected chi connectivity index (χ1v) is 9.84. The van der Waals surface area contributed by atoms with Gasteiger partial charge < -0.3 is 9.88 Å². The molecule has 2 aromatic rings. The van der Waals surface area contributed by atoms with Gasteiger partial charge in [-0.3, -0.25) is 4.90 Å². The number of pyridine rings is 1. The second-order valence-corrected chi connectivity index (χ2v) is 7.85. The smallest absolute Gasteiger partial charge is 0.160 e. The molecule has 1 N–H and O–H groups in total. The zero-order valence-electron chi connectivity index (χ0n) is 15.1. The van der Waals surface area contributed by atoms with Gasteiger partial charge in [0, 0.05) is 42.4 Å². The average Bonchev–Trinajstić information content (AvgIpc) is 2.88. The van der Waals surface area contributed by atoms with E-state index in [4.69, 9.17) is 4.98 Å². The summed E-state index contributed by atoms with van der Waals surface area (Å²) in [5, 5.41) is 3.63. The Bertz CT molecular complexity index is 688. The zero-order chi connectivity index (χ0) is 17.3. The Morgan fingerprint density at radius 3 is 2.62 bits per heavy atom. The molecule has 6 heteroatoms. The number of aryl methyl sites for hydroxylation is 1. The Balaban J connectivity index is 2.03. The van der Waals surface area contributed by atoms with Crippen LogP contribution in [0.4, 0.5) is 0 Å². The van der Waals surface area contributed by atoms with Gasteiger partial charge in [0.2, 0.25) is 0 Å². The summed E-state index contributed by atoms with van der Waals surface area (Å²) >= 11 is 3.52. The van der Waals surface area contributed by atoms with Crippen LogP contribution in [0.5, 0.6) is 0 Å². The van der Waals surface area contributed by atoms with Crippen molar-refractivity contribution in [3.8, 4) is 0 Å². The van der Waals surface area contributed by atoms with Crippen molar-refractivity contribution in [1.82, 2.24) is 24.8 Å². The molecule has 2 aromatic heterocycles. The topological polar surface area (TPSA) is 46.0 Å². The maximum atomic E-state index is 5.00. The molecule has 0 aliphatic carbocycles. The maximum Gasteiger partial charge on any atom is 0.160 e. The Kier molecular flexibility index (Phi) is 5.57. The Morgan fingerprint density at radius 2 is 2.00 bits per heavy atom. The number of halogens is 1. The van der Waals surface area contributed by atoms with Crippen LogP contribution >= 0.6 is 15.9 Å². The van der Waals surface area contributed by atoms with Crippen molar-refractivity contribution >= 4 is 27.1 Å². The van der Waals surface area contributed by atoms with Gasteiger partial charge in [-0.15, -0.1) is 0 Å². The van der Waals surface area contributed by atoms with E-state index in [1.165, 1.54) is 5.82 Å². The number of hydrogen-bond donors (Lipinski definition) is 1. The van der Waals surface area contributed by atoms with E-state index in [1.54, 1.807) is 0 Å². The largest absolute Gasteiger partial charge is 0.312 e. The zero-order valence-corrected chi connectivity index (χ0v) is 16.7. The number of nitrogens with zero attached hydrogens (tertiary/aromatic N) is 4. The molecular formula is C18H28BrN5. The Hall–Kier alpha value is -0.980. The van der Waals surface area contributed by atoms with Gasteiger partial charge in [-0.2, -0.15) is 0 Å². The lowest BCUT2D eigenvalue weighted by Crippen LogP contribution is -2.55. The molecule has 3 heterocycles. The number of piperazine rings is 1. The maximum absolute atomic E-state index is 5.00.